The minimum Gasteiger partial charge on any atom is -0.394 e. The molecule has 2 aliphatic heterocycles. The first-order valence-corrected chi connectivity index (χ1v) is 12.5. The highest BCUT2D eigenvalue weighted by atomic mass is 32.2. The van der Waals surface area contributed by atoms with E-state index in [0.717, 1.165) is 33.3 Å². The zero-order valence-corrected chi connectivity index (χ0v) is 19.4. The summed E-state index contributed by atoms with van der Waals surface area (Å²) in [5, 5.41) is 9.46. The van der Waals surface area contributed by atoms with Crippen molar-refractivity contribution in [2.75, 3.05) is 47.7 Å². The summed E-state index contributed by atoms with van der Waals surface area (Å²) in [5.74, 6) is -3.22. The number of halogens is 2. The third kappa shape index (κ3) is 4.41. The molecule has 2 saturated heterocycles. The molecule has 178 valence electrons. The number of hydrogen-bond acceptors (Lipinski definition) is 5. The van der Waals surface area contributed by atoms with Crippen LogP contribution in [0.2, 0.25) is 0 Å². The fourth-order valence-corrected chi connectivity index (χ4v) is 6.44. The SMILES string of the molecule is Cc1ccc(N2CCN(C(=O)c3c(F)cc(N4[C@H](CO)CCS4(=O)=O)cc3F)CC2)c(C)c1. The van der Waals surface area contributed by atoms with Crippen LogP contribution >= 0.6 is 0 Å². The van der Waals surface area contributed by atoms with Crippen LogP contribution in [0.4, 0.5) is 20.2 Å². The summed E-state index contributed by atoms with van der Waals surface area (Å²) in [5.41, 5.74) is 2.43. The van der Waals surface area contributed by atoms with Crippen LogP contribution in [0.3, 0.4) is 0 Å². The smallest absolute Gasteiger partial charge is 0.259 e. The zero-order valence-electron chi connectivity index (χ0n) is 18.6. The predicted molar refractivity (Wildman–Crippen MR) is 122 cm³/mol. The second-order valence-corrected chi connectivity index (χ2v) is 10.6. The molecular weight excluding hydrogens is 452 g/mol. The molecule has 1 amide bonds. The van der Waals surface area contributed by atoms with Gasteiger partial charge in [-0.3, -0.25) is 9.10 Å². The van der Waals surface area contributed by atoms with E-state index in [-0.39, 0.29) is 17.9 Å². The zero-order chi connectivity index (χ0) is 23.9. The first-order chi connectivity index (χ1) is 15.6. The molecule has 2 aromatic rings. The number of aliphatic hydroxyl groups is 1. The third-order valence-corrected chi connectivity index (χ3v) is 8.17. The first-order valence-electron chi connectivity index (χ1n) is 10.9. The number of nitrogens with zero attached hydrogens (tertiary/aromatic N) is 3. The molecule has 2 fully saturated rings. The maximum absolute atomic E-state index is 14.9. The lowest BCUT2D eigenvalue weighted by Gasteiger charge is -2.37. The third-order valence-electron chi connectivity index (χ3n) is 6.31. The van der Waals surface area contributed by atoms with Crippen LogP contribution < -0.4 is 9.21 Å². The molecular formula is C23H27F2N3O4S. The Morgan fingerprint density at radius 1 is 1.06 bits per heavy atom. The van der Waals surface area contributed by atoms with E-state index in [2.05, 4.69) is 11.0 Å². The number of hydrogen-bond donors (Lipinski definition) is 1. The van der Waals surface area contributed by atoms with Crippen LogP contribution in [0.25, 0.3) is 0 Å². The number of carbonyl (C=O) groups is 1. The van der Waals surface area contributed by atoms with Crippen molar-refractivity contribution in [2.45, 2.75) is 26.3 Å². The van der Waals surface area contributed by atoms with Crippen molar-refractivity contribution in [1.29, 1.82) is 0 Å². The average Bonchev–Trinajstić information content (AvgIpc) is 3.07. The monoisotopic (exact) mass is 479 g/mol. The van der Waals surface area contributed by atoms with Gasteiger partial charge in [-0.25, -0.2) is 17.2 Å². The van der Waals surface area contributed by atoms with Crippen LogP contribution in [0, 0.1) is 25.5 Å². The summed E-state index contributed by atoms with van der Waals surface area (Å²) in [7, 11) is -3.79. The van der Waals surface area contributed by atoms with Crippen LogP contribution in [0.1, 0.15) is 27.9 Å². The van der Waals surface area contributed by atoms with Gasteiger partial charge in [-0.2, -0.15) is 0 Å². The van der Waals surface area contributed by atoms with E-state index in [4.69, 9.17) is 0 Å². The van der Waals surface area contributed by atoms with E-state index in [1.807, 2.05) is 26.0 Å². The summed E-state index contributed by atoms with van der Waals surface area (Å²) < 4.78 is 55.3. The Bertz CT molecular complexity index is 1160. The highest BCUT2D eigenvalue weighted by molar-refractivity contribution is 7.93. The molecule has 1 atom stereocenters. The Morgan fingerprint density at radius 3 is 2.27 bits per heavy atom. The van der Waals surface area contributed by atoms with Crippen molar-refractivity contribution in [3.63, 3.8) is 0 Å². The molecule has 2 heterocycles. The van der Waals surface area contributed by atoms with Gasteiger partial charge >= 0.3 is 0 Å². The van der Waals surface area contributed by atoms with E-state index in [9.17, 15) is 27.1 Å². The molecule has 33 heavy (non-hydrogen) atoms. The van der Waals surface area contributed by atoms with Gasteiger partial charge in [0.05, 0.1) is 24.1 Å². The van der Waals surface area contributed by atoms with Crippen molar-refractivity contribution < 1.29 is 27.1 Å². The number of benzene rings is 2. The van der Waals surface area contributed by atoms with E-state index >= 15 is 0 Å². The summed E-state index contributed by atoms with van der Waals surface area (Å²) in [6.07, 6.45) is 0.160. The molecule has 2 aliphatic rings. The van der Waals surface area contributed by atoms with Crippen LogP contribution in [0.15, 0.2) is 30.3 Å². The summed E-state index contributed by atoms with van der Waals surface area (Å²) in [6, 6.07) is 7.07. The lowest BCUT2D eigenvalue weighted by atomic mass is 10.1. The lowest BCUT2D eigenvalue weighted by molar-refractivity contribution is 0.0737. The van der Waals surface area contributed by atoms with Crippen molar-refractivity contribution in [2.24, 2.45) is 0 Å². The standard InChI is InChI=1S/C23H27F2N3O4S/c1-15-3-4-21(16(2)11-15)26-6-8-27(9-7-26)23(30)22-19(24)12-18(13-20(22)25)28-17(14-29)5-10-33(28,31)32/h3-4,11-13,17,29H,5-10,14H2,1-2H3/t17-/m0/s1. The van der Waals surface area contributed by atoms with Gasteiger partial charge in [0.25, 0.3) is 5.91 Å². The maximum Gasteiger partial charge on any atom is 0.259 e. The summed E-state index contributed by atoms with van der Waals surface area (Å²) in [6.45, 7) is 5.24. The first kappa shape index (κ1) is 23.4. The second kappa shape index (κ2) is 8.90. The Balaban J connectivity index is 1.52. The van der Waals surface area contributed by atoms with E-state index in [0.29, 0.717) is 26.2 Å². The molecule has 1 N–H and O–H groups in total. The Labute approximate surface area is 192 Å². The van der Waals surface area contributed by atoms with Gasteiger partial charge in [0.1, 0.15) is 17.2 Å². The Kier molecular flexibility index (Phi) is 6.32. The minimum atomic E-state index is -3.79. The van der Waals surface area contributed by atoms with Crippen LogP contribution in [0.5, 0.6) is 0 Å². The fraction of sp³-hybridized carbons (Fsp3) is 0.435. The fourth-order valence-electron chi connectivity index (χ4n) is 4.62. The quantitative estimate of drug-likeness (QED) is 0.729. The number of piperazine rings is 1. The van der Waals surface area contributed by atoms with Crippen LogP contribution in [-0.2, 0) is 10.0 Å². The predicted octanol–water partition coefficient (Wildman–Crippen LogP) is 2.44. The Hall–Kier alpha value is -2.72. The number of aliphatic hydroxyl groups excluding tert-OH is 1. The van der Waals surface area contributed by atoms with Crippen molar-refractivity contribution in [3.05, 3.63) is 58.7 Å². The minimum absolute atomic E-state index is 0.160. The molecule has 10 heteroatoms. The second-order valence-electron chi connectivity index (χ2n) is 8.59. The Morgan fingerprint density at radius 2 is 1.70 bits per heavy atom. The van der Waals surface area contributed by atoms with E-state index < -0.39 is 45.8 Å². The number of amides is 1. The van der Waals surface area contributed by atoms with Crippen molar-refractivity contribution in [3.8, 4) is 0 Å². The molecule has 0 saturated carbocycles. The van der Waals surface area contributed by atoms with Gasteiger partial charge in [0.15, 0.2) is 0 Å². The molecule has 0 spiro atoms. The van der Waals surface area contributed by atoms with Crippen molar-refractivity contribution in [1.82, 2.24) is 4.90 Å². The number of anilines is 2. The molecule has 0 bridgehead atoms. The van der Waals surface area contributed by atoms with E-state index in [1.54, 1.807) is 0 Å². The molecule has 0 unspecified atom stereocenters. The van der Waals surface area contributed by atoms with Crippen LogP contribution in [-0.4, -0.2) is 68.9 Å². The topological polar surface area (TPSA) is 81.2 Å². The van der Waals surface area contributed by atoms with Gasteiger partial charge in [0.2, 0.25) is 10.0 Å². The summed E-state index contributed by atoms with van der Waals surface area (Å²) >= 11 is 0. The van der Waals surface area contributed by atoms with E-state index in [1.165, 1.54) is 4.90 Å². The molecule has 7 nitrogen and oxygen atoms in total. The lowest BCUT2D eigenvalue weighted by Crippen LogP contribution is -2.49. The normalized spacial score (nSPS) is 20.4. The average molecular weight is 480 g/mol. The van der Waals surface area contributed by atoms with Gasteiger partial charge in [-0.05, 0) is 44.0 Å². The summed E-state index contributed by atoms with van der Waals surface area (Å²) in [4.78, 5) is 16.5. The highest BCUT2D eigenvalue weighted by Gasteiger charge is 2.38. The molecule has 2 aromatic carbocycles. The van der Waals surface area contributed by atoms with Gasteiger partial charge in [0, 0.05) is 31.9 Å². The van der Waals surface area contributed by atoms with Gasteiger partial charge < -0.3 is 14.9 Å². The van der Waals surface area contributed by atoms with Gasteiger partial charge in [-0.1, -0.05) is 17.7 Å². The number of rotatable bonds is 4. The van der Waals surface area contributed by atoms with Crippen molar-refractivity contribution >= 4 is 27.3 Å². The highest BCUT2D eigenvalue weighted by Crippen LogP contribution is 2.32. The number of carbonyl (C=O) groups excluding carboxylic acids is 1. The number of sulfonamides is 1. The van der Waals surface area contributed by atoms with Gasteiger partial charge in [-0.15, -0.1) is 0 Å². The molecule has 0 aromatic heterocycles. The largest absolute Gasteiger partial charge is 0.394 e. The molecule has 4 rings (SSSR count). The molecule has 0 radical (unpaired) electrons. The maximum atomic E-state index is 14.9. The number of aryl methyl sites for hydroxylation is 2. The molecule has 0 aliphatic carbocycles.